The molecule has 0 aliphatic rings. The highest BCUT2D eigenvalue weighted by Crippen LogP contribution is 2.06. The van der Waals surface area contributed by atoms with Crippen molar-refractivity contribution in [3.63, 3.8) is 0 Å². The first-order chi connectivity index (χ1) is 4.76. The first kappa shape index (κ1) is 9.15. The zero-order valence-corrected chi connectivity index (χ0v) is 6.85. The lowest BCUT2D eigenvalue weighted by Crippen LogP contribution is -1.85. The molecule has 0 saturated heterocycles. The molecule has 0 heterocycles. The second kappa shape index (κ2) is 4.98. The van der Waals surface area contributed by atoms with Crippen molar-refractivity contribution in [2.75, 3.05) is 0 Å². The summed E-state index contributed by atoms with van der Waals surface area (Å²) in [7, 11) is 0. The van der Waals surface area contributed by atoms with E-state index >= 15 is 0 Å². The van der Waals surface area contributed by atoms with Crippen LogP contribution in [0.2, 0.25) is 0 Å². The summed E-state index contributed by atoms with van der Waals surface area (Å²) in [6.45, 7) is 5.88. The summed E-state index contributed by atoms with van der Waals surface area (Å²) in [6, 6.07) is 0. The molecule has 56 valence electrons. The number of rotatable bonds is 3. The molecule has 0 fully saturated rings. The van der Waals surface area contributed by atoms with Gasteiger partial charge in [-0.05, 0) is 25.8 Å². The number of allylic oxidation sites excluding steroid dienone is 4. The Morgan fingerprint density at radius 3 is 2.40 bits per heavy atom. The molecule has 0 saturated carbocycles. The van der Waals surface area contributed by atoms with Gasteiger partial charge in [-0.25, -0.2) is 0 Å². The van der Waals surface area contributed by atoms with E-state index in [2.05, 4.69) is 6.92 Å². The van der Waals surface area contributed by atoms with Gasteiger partial charge in [-0.15, -0.1) is 0 Å². The maximum Gasteiger partial charge on any atom is 0.149 e. The Bertz CT molecular complexity index is 164. The molecule has 0 spiro atoms. The van der Waals surface area contributed by atoms with Gasteiger partial charge in [0.1, 0.15) is 6.29 Å². The molecule has 0 aromatic carbocycles. The van der Waals surface area contributed by atoms with E-state index in [1.165, 1.54) is 0 Å². The summed E-state index contributed by atoms with van der Waals surface area (Å²) < 4.78 is 0. The van der Waals surface area contributed by atoms with E-state index < -0.39 is 0 Å². The quantitative estimate of drug-likeness (QED) is 0.332. The maximum absolute atomic E-state index is 10.3. The summed E-state index contributed by atoms with van der Waals surface area (Å²) in [5.74, 6) is 0. The van der Waals surface area contributed by atoms with E-state index in [1.807, 2.05) is 26.0 Å². The van der Waals surface area contributed by atoms with Crippen LogP contribution in [0.15, 0.2) is 23.3 Å². The van der Waals surface area contributed by atoms with Crippen LogP contribution in [0.3, 0.4) is 0 Å². The predicted octanol–water partition coefficient (Wildman–Crippen LogP) is 2.49. The summed E-state index contributed by atoms with van der Waals surface area (Å²) in [6.07, 6.45) is 5.75. The van der Waals surface area contributed by atoms with Crippen LogP contribution in [0.5, 0.6) is 0 Å². The summed E-state index contributed by atoms with van der Waals surface area (Å²) in [5.41, 5.74) is 1.86. The Labute approximate surface area is 62.4 Å². The minimum atomic E-state index is 0.793. The fourth-order valence-electron chi connectivity index (χ4n) is 0.813. The molecular weight excluding hydrogens is 124 g/mol. The van der Waals surface area contributed by atoms with Gasteiger partial charge in [0.2, 0.25) is 0 Å². The highest BCUT2D eigenvalue weighted by molar-refractivity contribution is 5.79. The maximum atomic E-state index is 10.3. The first-order valence-electron chi connectivity index (χ1n) is 3.54. The smallest absolute Gasteiger partial charge is 0.149 e. The molecule has 0 aromatic heterocycles. The second-order valence-electron chi connectivity index (χ2n) is 2.16. The van der Waals surface area contributed by atoms with Gasteiger partial charge in [0.25, 0.3) is 0 Å². The number of hydrogen-bond donors (Lipinski definition) is 0. The first-order valence-corrected chi connectivity index (χ1v) is 3.54. The predicted molar refractivity (Wildman–Crippen MR) is 43.9 cm³/mol. The van der Waals surface area contributed by atoms with Crippen LogP contribution < -0.4 is 0 Å². The molecule has 1 nitrogen and oxygen atoms in total. The van der Waals surface area contributed by atoms with Gasteiger partial charge in [-0.1, -0.05) is 19.1 Å². The summed E-state index contributed by atoms with van der Waals surface area (Å²) in [4.78, 5) is 10.3. The minimum absolute atomic E-state index is 0.793. The molecule has 0 unspecified atom stereocenters. The van der Waals surface area contributed by atoms with Crippen LogP contribution in [0.25, 0.3) is 0 Å². The van der Waals surface area contributed by atoms with Crippen molar-refractivity contribution in [1.29, 1.82) is 0 Å². The molecule has 0 aliphatic carbocycles. The molecule has 0 rings (SSSR count). The summed E-state index contributed by atoms with van der Waals surface area (Å²) in [5, 5.41) is 0. The average molecular weight is 138 g/mol. The van der Waals surface area contributed by atoms with Crippen LogP contribution in [-0.4, -0.2) is 6.29 Å². The standard InChI is InChI=1S/C9H14O/c1-4-6-8(3)9(5-2)7-10/h5-7H,4H2,1-3H3/b8-6-,9-5-. The van der Waals surface area contributed by atoms with Crippen molar-refractivity contribution in [2.45, 2.75) is 27.2 Å². The van der Waals surface area contributed by atoms with Crippen LogP contribution in [0.4, 0.5) is 0 Å². The second-order valence-corrected chi connectivity index (χ2v) is 2.16. The van der Waals surface area contributed by atoms with Gasteiger partial charge >= 0.3 is 0 Å². The Balaban J connectivity index is 4.30. The molecule has 0 atom stereocenters. The van der Waals surface area contributed by atoms with Gasteiger partial charge in [-0.3, -0.25) is 4.79 Å². The van der Waals surface area contributed by atoms with E-state index in [-0.39, 0.29) is 0 Å². The molecule has 0 amide bonds. The van der Waals surface area contributed by atoms with Crippen LogP contribution in [0, 0.1) is 0 Å². The summed E-state index contributed by atoms with van der Waals surface area (Å²) >= 11 is 0. The van der Waals surface area contributed by atoms with E-state index in [4.69, 9.17) is 0 Å². The zero-order chi connectivity index (χ0) is 7.98. The molecule has 0 bridgehead atoms. The van der Waals surface area contributed by atoms with Crippen LogP contribution in [0.1, 0.15) is 27.2 Å². The third-order valence-corrected chi connectivity index (χ3v) is 1.40. The Morgan fingerprint density at radius 1 is 1.50 bits per heavy atom. The fourth-order valence-corrected chi connectivity index (χ4v) is 0.813. The highest BCUT2D eigenvalue weighted by Gasteiger charge is 1.93. The molecule has 10 heavy (non-hydrogen) atoms. The lowest BCUT2D eigenvalue weighted by atomic mass is 10.1. The molecular formula is C9H14O. The lowest BCUT2D eigenvalue weighted by Gasteiger charge is -1.95. The molecule has 0 aliphatic heterocycles. The van der Waals surface area contributed by atoms with Crippen molar-refractivity contribution in [1.82, 2.24) is 0 Å². The highest BCUT2D eigenvalue weighted by atomic mass is 16.1. The number of carbonyl (C=O) groups is 1. The van der Waals surface area contributed by atoms with E-state index in [1.54, 1.807) is 0 Å². The lowest BCUT2D eigenvalue weighted by molar-refractivity contribution is -0.104. The zero-order valence-electron chi connectivity index (χ0n) is 6.85. The van der Waals surface area contributed by atoms with Crippen molar-refractivity contribution in [2.24, 2.45) is 0 Å². The molecule has 1 heteroatoms. The Kier molecular flexibility index (Phi) is 4.55. The topological polar surface area (TPSA) is 17.1 Å². The molecule has 0 radical (unpaired) electrons. The SMILES string of the molecule is C/C=C(C=O)\C(C)=C/CC. The third-order valence-electron chi connectivity index (χ3n) is 1.40. The third kappa shape index (κ3) is 2.62. The number of aldehydes is 1. The fraction of sp³-hybridized carbons (Fsp3) is 0.444. The average Bonchev–Trinajstić information content (AvgIpc) is 1.91. The molecule has 0 N–H and O–H groups in total. The largest absolute Gasteiger partial charge is 0.298 e. The van der Waals surface area contributed by atoms with Crippen molar-refractivity contribution >= 4 is 6.29 Å². The number of carbonyl (C=O) groups excluding carboxylic acids is 1. The number of hydrogen-bond acceptors (Lipinski definition) is 1. The van der Waals surface area contributed by atoms with Crippen molar-refractivity contribution in [3.8, 4) is 0 Å². The van der Waals surface area contributed by atoms with Gasteiger partial charge in [0, 0.05) is 5.57 Å². The van der Waals surface area contributed by atoms with E-state index in [0.717, 1.165) is 23.9 Å². The minimum Gasteiger partial charge on any atom is -0.298 e. The molecule has 0 aromatic rings. The Hall–Kier alpha value is -0.850. The van der Waals surface area contributed by atoms with Crippen LogP contribution in [-0.2, 0) is 4.79 Å². The van der Waals surface area contributed by atoms with E-state index in [0.29, 0.717) is 0 Å². The van der Waals surface area contributed by atoms with Gasteiger partial charge in [0.15, 0.2) is 0 Å². The normalized spacial score (nSPS) is 13.5. The van der Waals surface area contributed by atoms with Crippen molar-refractivity contribution in [3.05, 3.63) is 23.3 Å². The van der Waals surface area contributed by atoms with Crippen molar-refractivity contribution < 1.29 is 4.79 Å². The van der Waals surface area contributed by atoms with Crippen LogP contribution >= 0.6 is 0 Å². The van der Waals surface area contributed by atoms with Gasteiger partial charge < -0.3 is 0 Å². The Morgan fingerprint density at radius 2 is 2.10 bits per heavy atom. The van der Waals surface area contributed by atoms with Gasteiger partial charge in [0.05, 0.1) is 0 Å². The van der Waals surface area contributed by atoms with E-state index in [9.17, 15) is 4.79 Å². The monoisotopic (exact) mass is 138 g/mol. The van der Waals surface area contributed by atoms with Gasteiger partial charge in [-0.2, -0.15) is 0 Å².